The second-order valence-electron chi connectivity index (χ2n) is 6.67. The van der Waals surface area contributed by atoms with Crippen LogP contribution < -0.4 is 4.74 Å². The quantitative estimate of drug-likeness (QED) is 0.385. The van der Waals surface area contributed by atoms with Gasteiger partial charge in [0.25, 0.3) is 5.95 Å². The number of aromatic nitrogens is 1. The zero-order valence-electron chi connectivity index (χ0n) is 15.0. The summed E-state index contributed by atoms with van der Waals surface area (Å²) in [6.07, 6.45) is 2.00. The highest BCUT2D eigenvalue weighted by Crippen LogP contribution is 2.27. The minimum atomic E-state index is -0.433. The van der Waals surface area contributed by atoms with Crippen LogP contribution in [-0.2, 0) is 6.54 Å². The van der Waals surface area contributed by atoms with Crippen LogP contribution in [0.1, 0.15) is 15.9 Å². The van der Waals surface area contributed by atoms with Gasteiger partial charge in [-0.3, -0.25) is 0 Å². The van der Waals surface area contributed by atoms with E-state index in [0.29, 0.717) is 17.7 Å². The van der Waals surface area contributed by atoms with Gasteiger partial charge in [0.2, 0.25) is 0 Å². The summed E-state index contributed by atoms with van der Waals surface area (Å²) in [4.78, 5) is 12.9. The highest BCUT2D eigenvalue weighted by Gasteiger charge is 2.17. The normalized spacial score (nSPS) is 11.1. The summed E-state index contributed by atoms with van der Waals surface area (Å²) in [6, 6.07) is 27.1. The fourth-order valence-electron chi connectivity index (χ4n) is 3.49. The Morgan fingerprint density at radius 3 is 2.50 bits per heavy atom. The van der Waals surface area contributed by atoms with Crippen molar-refractivity contribution in [2.24, 2.45) is 0 Å². The van der Waals surface area contributed by atoms with Gasteiger partial charge in [-0.15, -0.1) is 0 Å². The Labute approximate surface area is 161 Å². The summed E-state index contributed by atoms with van der Waals surface area (Å²) in [5, 5.41) is 1.89. The maximum atomic E-state index is 12.9. The van der Waals surface area contributed by atoms with Crippen LogP contribution in [0.3, 0.4) is 0 Å². The van der Waals surface area contributed by atoms with Crippen LogP contribution in [0.5, 0.6) is 5.95 Å². The van der Waals surface area contributed by atoms with Crippen molar-refractivity contribution in [3.8, 4) is 5.95 Å². The Hall–Kier alpha value is -3.79. The zero-order valence-corrected chi connectivity index (χ0v) is 15.0. The van der Waals surface area contributed by atoms with Gasteiger partial charge in [-0.05, 0) is 23.8 Å². The Morgan fingerprint density at radius 2 is 1.64 bits per heavy atom. The van der Waals surface area contributed by atoms with E-state index >= 15 is 0 Å². The lowest BCUT2D eigenvalue weighted by atomic mass is 10.1. The van der Waals surface area contributed by atoms with Crippen molar-refractivity contribution in [3.05, 3.63) is 102 Å². The molecule has 0 atom stereocenters. The summed E-state index contributed by atoms with van der Waals surface area (Å²) in [7, 11) is 0. The molecule has 0 unspecified atom stereocenters. The molecule has 2 aromatic heterocycles. The standard InChI is InChI=1S/C24H17NO3/c26-24(28-22-15-19-9-4-5-12-21(19)27-22)20-11-6-10-18-13-14-25(23(18)20)16-17-7-2-1-3-8-17/h1-15H,16H2. The number of para-hydroxylation sites is 2. The second-order valence-corrected chi connectivity index (χ2v) is 6.67. The van der Waals surface area contributed by atoms with Crippen LogP contribution in [-0.4, -0.2) is 10.5 Å². The van der Waals surface area contributed by atoms with Crippen molar-refractivity contribution in [1.82, 2.24) is 4.57 Å². The van der Waals surface area contributed by atoms with E-state index in [2.05, 4.69) is 16.7 Å². The molecule has 0 radical (unpaired) electrons. The minimum absolute atomic E-state index is 0.198. The number of furan rings is 1. The summed E-state index contributed by atoms with van der Waals surface area (Å²) in [6.45, 7) is 0.680. The van der Waals surface area contributed by atoms with Crippen molar-refractivity contribution in [1.29, 1.82) is 0 Å². The smallest absolute Gasteiger partial charge is 0.348 e. The maximum absolute atomic E-state index is 12.9. The SMILES string of the molecule is O=C(Oc1cc2ccccc2o1)c1cccc2ccn(Cc3ccccc3)c12. The van der Waals surface area contributed by atoms with Crippen LogP contribution in [0, 0.1) is 0 Å². The third kappa shape index (κ3) is 2.95. The van der Waals surface area contributed by atoms with E-state index in [1.807, 2.05) is 66.9 Å². The van der Waals surface area contributed by atoms with Crippen LogP contribution in [0.2, 0.25) is 0 Å². The molecular weight excluding hydrogens is 350 g/mol. The molecule has 0 aliphatic carbocycles. The van der Waals surface area contributed by atoms with Crippen molar-refractivity contribution >= 4 is 27.8 Å². The van der Waals surface area contributed by atoms with E-state index < -0.39 is 5.97 Å². The third-order valence-electron chi connectivity index (χ3n) is 4.80. The number of rotatable bonds is 4. The molecule has 28 heavy (non-hydrogen) atoms. The summed E-state index contributed by atoms with van der Waals surface area (Å²) in [5.41, 5.74) is 3.22. The molecule has 4 heteroatoms. The van der Waals surface area contributed by atoms with Crippen molar-refractivity contribution in [2.45, 2.75) is 6.54 Å². The number of fused-ring (bicyclic) bond motifs is 2. The minimum Gasteiger partial charge on any atom is -0.425 e. The van der Waals surface area contributed by atoms with E-state index in [1.54, 1.807) is 12.1 Å². The molecule has 4 nitrogen and oxygen atoms in total. The average Bonchev–Trinajstić information content (AvgIpc) is 3.32. The van der Waals surface area contributed by atoms with Crippen LogP contribution in [0.4, 0.5) is 0 Å². The zero-order chi connectivity index (χ0) is 18.9. The number of hydrogen-bond acceptors (Lipinski definition) is 3. The molecule has 0 aliphatic heterocycles. The Kier molecular flexibility index (Phi) is 3.95. The summed E-state index contributed by atoms with van der Waals surface area (Å²) in [5.74, 6) is -0.234. The highest BCUT2D eigenvalue weighted by atomic mass is 16.6. The number of esters is 1. The van der Waals surface area contributed by atoms with E-state index in [-0.39, 0.29) is 5.95 Å². The predicted octanol–water partition coefficient (Wildman–Crippen LogP) is 5.66. The molecular formula is C24H17NO3. The first-order valence-electron chi connectivity index (χ1n) is 9.10. The van der Waals surface area contributed by atoms with Crippen LogP contribution >= 0.6 is 0 Å². The molecule has 136 valence electrons. The Balaban J connectivity index is 1.50. The first-order chi connectivity index (χ1) is 13.8. The lowest BCUT2D eigenvalue weighted by Gasteiger charge is -2.09. The number of ether oxygens (including phenoxy) is 1. The molecule has 0 spiro atoms. The van der Waals surface area contributed by atoms with Gasteiger partial charge >= 0.3 is 5.97 Å². The Bertz CT molecular complexity index is 1250. The average molecular weight is 367 g/mol. The molecule has 0 saturated heterocycles. The van der Waals surface area contributed by atoms with E-state index in [1.165, 1.54) is 5.56 Å². The first-order valence-corrected chi connectivity index (χ1v) is 9.10. The predicted molar refractivity (Wildman–Crippen MR) is 109 cm³/mol. The van der Waals surface area contributed by atoms with Gasteiger partial charge in [-0.25, -0.2) is 4.79 Å². The molecule has 0 aliphatic rings. The maximum Gasteiger partial charge on any atom is 0.348 e. The topological polar surface area (TPSA) is 44.4 Å². The number of hydrogen-bond donors (Lipinski definition) is 0. The summed E-state index contributed by atoms with van der Waals surface area (Å²) < 4.78 is 13.2. The molecule has 0 amide bonds. The second kappa shape index (κ2) is 6.74. The number of benzene rings is 3. The molecule has 0 saturated carbocycles. The molecule has 5 aromatic rings. The van der Waals surface area contributed by atoms with Crippen LogP contribution in [0.25, 0.3) is 21.9 Å². The van der Waals surface area contributed by atoms with Gasteiger partial charge in [-0.1, -0.05) is 60.7 Å². The van der Waals surface area contributed by atoms with Crippen molar-refractivity contribution in [2.75, 3.05) is 0 Å². The molecule has 0 fully saturated rings. The molecule has 2 heterocycles. The van der Waals surface area contributed by atoms with Crippen molar-refractivity contribution in [3.63, 3.8) is 0 Å². The fourth-order valence-corrected chi connectivity index (χ4v) is 3.49. The van der Waals surface area contributed by atoms with Crippen molar-refractivity contribution < 1.29 is 13.9 Å². The largest absolute Gasteiger partial charge is 0.425 e. The summed E-state index contributed by atoms with van der Waals surface area (Å²) >= 11 is 0. The van der Waals surface area contributed by atoms with Gasteiger partial charge in [0.05, 0.1) is 11.1 Å². The molecule has 5 rings (SSSR count). The fraction of sp³-hybridized carbons (Fsp3) is 0.0417. The number of nitrogens with zero attached hydrogens (tertiary/aromatic N) is 1. The van der Waals surface area contributed by atoms with Gasteiger partial charge in [0.15, 0.2) is 0 Å². The van der Waals surface area contributed by atoms with Gasteiger partial charge in [-0.2, -0.15) is 0 Å². The molecule has 3 aromatic carbocycles. The first kappa shape index (κ1) is 16.4. The third-order valence-corrected chi connectivity index (χ3v) is 4.80. The van der Waals surface area contributed by atoms with Gasteiger partial charge in [0, 0.05) is 29.6 Å². The Morgan fingerprint density at radius 1 is 0.857 bits per heavy atom. The monoisotopic (exact) mass is 367 g/mol. The number of carbonyl (C=O) groups is 1. The van der Waals surface area contributed by atoms with E-state index in [9.17, 15) is 4.79 Å². The number of carbonyl (C=O) groups excluding carboxylic acids is 1. The van der Waals surface area contributed by atoms with Crippen LogP contribution in [0.15, 0.2) is 95.5 Å². The highest BCUT2D eigenvalue weighted by molar-refractivity contribution is 6.04. The van der Waals surface area contributed by atoms with E-state index in [0.717, 1.165) is 16.3 Å². The van der Waals surface area contributed by atoms with Gasteiger partial charge < -0.3 is 13.7 Å². The molecule has 0 N–H and O–H groups in total. The lowest BCUT2D eigenvalue weighted by Crippen LogP contribution is -2.10. The van der Waals surface area contributed by atoms with Gasteiger partial charge in [0.1, 0.15) is 5.58 Å². The van der Waals surface area contributed by atoms with E-state index in [4.69, 9.17) is 9.15 Å². The molecule has 0 bridgehead atoms. The lowest BCUT2D eigenvalue weighted by molar-refractivity contribution is 0.0699.